The van der Waals surface area contributed by atoms with Crippen LogP contribution < -0.4 is 0 Å². The van der Waals surface area contributed by atoms with Crippen LogP contribution in [0.5, 0.6) is 0 Å². The van der Waals surface area contributed by atoms with Crippen molar-refractivity contribution in [3.8, 4) is 0 Å². The van der Waals surface area contributed by atoms with E-state index in [1.807, 2.05) is 26.0 Å². The minimum atomic E-state index is -0.319. The van der Waals surface area contributed by atoms with Crippen molar-refractivity contribution in [2.75, 3.05) is 0 Å². The molecule has 0 aromatic carbocycles. The Balaban J connectivity index is 2.75. The van der Waals surface area contributed by atoms with Crippen molar-refractivity contribution >= 4 is 22.2 Å². The fourth-order valence-electron chi connectivity index (χ4n) is 1.02. The van der Waals surface area contributed by atoms with E-state index in [9.17, 15) is 4.79 Å². The van der Waals surface area contributed by atoms with E-state index in [2.05, 4.69) is 20.9 Å². The number of rotatable bonds is 3. The third-order valence-corrected chi connectivity index (χ3v) is 2.21. The highest BCUT2D eigenvalue weighted by atomic mass is 79.9. The molecule has 0 spiro atoms. The molecule has 0 radical (unpaired) electrons. The van der Waals surface area contributed by atoms with Crippen LogP contribution in [0.2, 0.25) is 0 Å². The first-order valence-electron chi connectivity index (χ1n) is 4.10. The van der Waals surface area contributed by atoms with Gasteiger partial charge >= 0.3 is 0 Å². The van der Waals surface area contributed by atoms with Gasteiger partial charge in [-0.3, -0.25) is 4.98 Å². The summed E-state index contributed by atoms with van der Waals surface area (Å²) >= 11 is 3.31. The minimum absolute atomic E-state index is 0.319. The summed E-state index contributed by atoms with van der Waals surface area (Å²) in [5, 5.41) is 0. The summed E-state index contributed by atoms with van der Waals surface area (Å²) in [5.41, 5.74) is 0.626. The Labute approximate surface area is 86.5 Å². The molecule has 1 aromatic heterocycles. The van der Waals surface area contributed by atoms with E-state index in [1.54, 1.807) is 6.20 Å². The molecule has 0 aliphatic carbocycles. The predicted molar refractivity (Wildman–Crippen MR) is 55.5 cm³/mol. The van der Waals surface area contributed by atoms with Crippen LogP contribution in [0.15, 0.2) is 22.8 Å². The Hall–Kier alpha value is -0.700. The Kier molecular flexibility index (Phi) is 3.20. The van der Waals surface area contributed by atoms with E-state index in [4.69, 9.17) is 0 Å². The second-order valence-corrected chi connectivity index (χ2v) is 4.67. The van der Waals surface area contributed by atoms with Crippen LogP contribution in [-0.2, 0) is 11.2 Å². The lowest BCUT2D eigenvalue weighted by Gasteiger charge is -2.15. The summed E-state index contributed by atoms with van der Waals surface area (Å²) in [6.45, 7) is 3.81. The lowest BCUT2D eigenvalue weighted by Crippen LogP contribution is -2.17. The van der Waals surface area contributed by atoms with Crippen LogP contribution in [0.25, 0.3) is 0 Å². The molecule has 0 aliphatic rings. The molecule has 3 heteroatoms. The zero-order valence-electron chi connectivity index (χ0n) is 7.75. The Morgan fingerprint density at radius 3 is 2.69 bits per heavy atom. The smallest absolute Gasteiger partial charge is 0.125 e. The van der Waals surface area contributed by atoms with E-state index in [0.29, 0.717) is 6.42 Å². The molecule has 1 rings (SSSR count). The minimum Gasteiger partial charge on any atom is -0.303 e. The molecule has 0 aliphatic heterocycles. The molecule has 0 bridgehead atoms. The van der Waals surface area contributed by atoms with Gasteiger partial charge < -0.3 is 4.79 Å². The average molecular weight is 242 g/mol. The number of nitrogens with zero attached hydrogens (tertiary/aromatic N) is 1. The lowest BCUT2D eigenvalue weighted by atomic mass is 9.90. The van der Waals surface area contributed by atoms with Gasteiger partial charge in [-0.2, -0.15) is 0 Å². The van der Waals surface area contributed by atoms with Crippen molar-refractivity contribution in [1.82, 2.24) is 4.98 Å². The van der Waals surface area contributed by atoms with Crippen LogP contribution in [0.1, 0.15) is 19.5 Å². The monoisotopic (exact) mass is 241 g/mol. The van der Waals surface area contributed by atoms with Crippen molar-refractivity contribution in [3.05, 3.63) is 28.5 Å². The molecule has 0 unspecified atom stereocenters. The average Bonchev–Trinajstić information content (AvgIpc) is 2.09. The molecular weight excluding hydrogens is 230 g/mol. The van der Waals surface area contributed by atoms with E-state index >= 15 is 0 Å². The maximum absolute atomic E-state index is 10.7. The number of pyridine rings is 1. The highest BCUT2D eigenvalue weighted by molar-refractivity contribution is 9.10. The van der Waals surface area contributed by atoms with Crippen LogP contribution in [-0.4, -0.2) is 11.3 Å². The molecular formula is C10H12BrNO. The first kappa shape index (κ1) is 10.4. The molecule has 0 saturated heterocycles. The summed E-state index contributed by atoms with van der Waals surface area (Å²) in [6.07, 6.45) is 3.40. The number of carbonyl (C=O) groups excluding carboxylic acids is 1. The Bertz CT molecular complexity index is 292. The second-order valence-electron chi connectivity index (χ2n) is 3.75. The molecule has 1 aromatic rings. The van der Waals surface area contributed by atoms with Crippen molar-refractivity contribution in [2.24, 2.45) is 5.41 Å². The van der Waals surface area contributed by atoms with Crippen LogP contribution in [0.3, 0.4) is 0 Å². The molecule has 70 valence electrons. The number of aromatic nitrogens is 1. The second kappa shape index (κ2) is 4.01. The fourth-order valence-corrected chi connectivity index (χ4v) is 1.25. The number of aldehydes is 1. The van der Waals surface area contributed by atoms with Crippen molar-refractivity contribution in [2.45, 2.75) is 20.3 Å². The third-order valence-electron chi connectivity index (χ3n) is 1.74. The Morgan fingerprint density at radius 1 is 1.54 bits per heavy atom. The van der Waals surface area contributed by atoms with Gasteiger partial charge in [0.25, 0.3) is 0 Å². The van der Waals surface area contributed by atoms with Gasteiger partial charge in [0.2, 0.25) is 0 Å². The first-order chi connectivity index (χ1) is 6.03. The summed E-state index contributed by atoms with van der Waals surface area (Å²) in [4.78, 5) is 14.9. The highest BCUT2D eigenvalue weighted by Crippen LogP contribution is 2.18. The van der Waals surface area contributed by atoms with Crippen molar-refractivity contribution in [1.29, 1.82) is 0 Å². The summed E-state index contributed by atoms with van der Waals surface area (Å²) in [6, 6.07) is 3.86. The molecule has 0 N–H and O–H groups in total. The highest BCUT2D eigenvalue weighted by Gasteiger charge is 2.17. The van der Waals surface area contributed by atoms with Gasteiger partial charge in [-0.05, 0) is 28.1 Å². The van der Waals surface area contributed by atoms with Gasteiger partial charge in [-0.25, -0.2) is 0 Å². The standard InChI is InChI=1S/C10H12BrNO/c1-10(2,7-13)5-9-4-3-8(11)6-12-9/h3-4,6-7H,5H2,1-2H3. The molecule has 13 heavy (non-hydrogen) atoms. The van der Waals surface area contributed by atoms with Crippen molar-refractivity contribution in [3.63, 3.8) is 0 Å². The SMILES string of the molecule is CC(C)(C=O)Cc1ccc(Br)cn1. The van der Waals surface area contributed by atoms with E-state index in [0.717, 1.165) is 16.5 Å². The van der Waals surface area contributed by atoms with Gasteiger partial charge in [-0.15, -0.1) is 0 Å². The maximum Gasteiger partial charge on any atom is 0.125 e. The topological polar surface area (TPSA) is 30.0 Å². The Morgan fingerprint density at radius 2 is 2.23 bits per heavy atom. The van der Waals surface area contributed by atoms with Gasteiger partial charge in [0.1, 0.15) is 6.29 Å². The molecule has 0 amide bonds. The largest absolute Gasteiger partial charge is 0.303 e. The van der Waals surface area contributed by atoms with E-state index < -0.39 is 0 Å². The third kappa shape index (κ3) is 3.27. The van der Waals surface area contributed by atoms with Crippen LogP contribution >= 0.6 is 15.9 Å². The molecule has 0 saturated carbocycles. The van der Waals surface area contributed by atoms with E-state index in [1.165, 1.54) is 0 Å². The zero-order chi connectivity index (χ0) is 9.90. The summed E-state index contributed by atoms with van der Waals surface area (Å²) in [7, 11) is 0. The maximum atomic E-state index is 10.7. The van der Waals surface area contributed by atoms with E-state index in [-0.39, 0.29) is 5.41 Å². The van der Waals surface area contributed by atoms with Crippen LogP contribution in [0, 0.1) is 5.41 Å². The summed E-state index contributed by atoms with van der Waals surface area (Å²) < 4.78 is 0.958. The number of hydrogen-bond donors (Lipinski definition) is 0. The lowest BCUT2D eigenvalue weighted by molar-refractivity contribution is -0.114. The predicted octanol–water partition coefficient (Wildman–Crippen LogP) is 2.61. The van der Waals surface area contributed by atoms with Gasteiger partial charge in [0.05, 0.1) is 0 Å². The molecule has 0 fully saturated rings. The summed E-state index contributed by atoms with van der Waals surface area (Å²) in [5.74, 6) is 0. The normalized spacial score (nSPS) is 11.3. The van der Waals surface area contributed by atoms with Crippen molar-refractivity contribution < 1.29 is 4.79 Å². The zero-order valence-corrected chi connectivity index (χ0v) is 9.34. The van der Waals surface area contributed by atoms with Gasteiger partial charge in [0.15, 0.2) is 0 Å². The number of halogens is 1. The van der Waals surface area contributed by atoms with Gasteiger partial charge in [-0.1, -0.05) is 13.8 Å². The molecule has 2 nitrogen and oxygen atoms in total. The molecule has 1 heterocycles. The van der Waals surface area contributed by atoms with Crippen LogP contribution in [0.4, 0.5) is 0 Å². The number of carbonyl (C=O) groups is 1. The quantitative estimate of drug-likeness (QED) is 0.762. The van der Waals surface area contributed by atoms with Gasteiger partial charge in [0, 0.05) is 28.2 Å². The first-order valence-corrected chi connectivity index (χ1v) is 4.89. The fraction of sp³-hybridized carbons (Fsp3) is 0.400. The number of hydrogen-bond acceptors (Lipinski definition) is 2. The molecule has 0 atom stereocenters.